The lowest BCUT2D eigenvalue weighted by Crippen LogP contribution is -2.45. The van der Waals surface area contributed by atoms with Crippen LogP contribution >= 0.6 is 0 Å². The van der Waals surface area contributed by atoms with Crippen molar-refractivity contribution in [3.63, 3.8) is 0 Å². The lowest BCUT2D eigenvalue weighted by molar-refractivity contribution is 0.00578. The van der Waals surface area contributed by atoms with E-state index in [0.29, 0.717) is 5.46 Å². The van der Waals surface area contributed by atoms with Gasteiger partial charge in [-0.1, -0.05) is 6.07 Å². The Morgan fingerprint density at radius 3 is 2.25 bits per heavy atom. The number of aromatic amines is 1. The van der Waals surface area contributed by atoms with Gasteiger partial charge in [0.15, 0.2) is 0 Å². The van der Waals surface area contributed by atoms with Crippen molar-refractivity contribution in [1.82, 2.24) is 4.98 Å². The van der Waals surface area contributed by atoms with E-state index in [9.17, 15) is 4.79 Å². The first kappa shape index (κ1) is 13.9. The van der Waals surface area contributed by atoms with Crippen molar-refractivity contribution in [2.75, 3.05) is 0 Å². The van der Waals surface area contributed by atoms with E-state index in [1.165, 1.54) is 0 Å². The van der Waals surface area contributed by atoms with Gasteiger partial charge in [0, 0.05) is 17.2 Å². The van der Waals surface area contributed by atoms with Gasteiger partial charge in [-0.25, -0.2) is 0 Å². The molecule has 0 atom stereocenters. The van der Waals surface area contributed by atoms with Crippen molar-refractivity contribution in [2.24, 2.45) is 5.73 Å². The number of pyridine rings is 1. The highest BCUT2D eigenvalue weighted by molar-refractivity contribution is 6.62. The maximum Gasteiger partial charge on any atom is 0.500 e. The zero-order valence-electron chi connectivity index (χ0n) is 12.4. The summed E-state index contributed by atoms with van der Waals surface area (Å²) >= 11 is 0. The Balaban J connectivity index is 1.97. The zero-order valence-corrected chi connectivity index (χ0v) is 12.4. The van der Waals surface area contributed by atoms with E-state index >= 15 is 0 Å². The Bertz CT molecular complexity index is 589. The molecule has 1 aliphatic heterocycles. The highest BCUT2D eigenvalue weighted by Crippen LogP contribution is 2.42. The molecule has 6 heteroatoms. The molecule has 5 nitrogen and oxygen atoms in total. The topological polar surface area (TPSA) is 77.3 Å². The van der Waals surface area contributed by atoms with Gasteiger partial charge in [-0.3, -0.25) is 4.79 Å². The van der Waals surface area contributed by atoms with Gasteiger partial charge < -0.3 is 20.0 Å². The summed E-state index contributed by atoms with van der Waals surface area (Å²) in [5.41, 5.74) is 6.24. The van der Waals surface area contributed by atoms with E-state index in [4.69, 9.17) is 15.0 Å². The van der Waals surface area contributed by atoms with Crippen molar-refractivity contribution in [2.45, 2.75) is 57.3 Å². The molecule has 2 heterocycles. The average Bonchev–Trinajstić information content (AvgIpc) is 3.02. The van der Waals surface area contributed by atoms with E-state index in [0.717, 1.165) is 18.4 Å². The first-order valence-electron chi connectivity index (χ1n) is 7.02. The quantitative estimate of drug-likeness (QED) is 0.776. The van der Waals surface area contributed by atoms with Crippen LogP contribution in [0.5, 0.6) is 0 Å². The molecule has 1 aromatic rings. The van der Waals surface area contributed by atoms with Gasteiger partial charge in [-0.15, -0.1) is 0 Å². The van der Waals surface area contributed by atoms with Gasteiger partial charge in [0.1, 0.15) is 0 Å². The predicted octanol–water partition coefficient (Wildman–Crippen LogP) is 0.622. The molecular weight excluding hydrogens is 255 g/mol. The summed E-state index contributed by atoms with van der Waals surface area (Å²) in [6.07, 6.45) is 3.59. The second kappa shape index (κ2) is 3.96. The highest BCUT2D eigenvalue weighted by atomic mass is 16.7. The number of hydrogen-bond acceptors (Lipinski definition) is 4. The molecule has 0 radical (unpaired) electrons. The number of aromatic nitrogens is 1. The van der Waals surface area contributed by atoms with Gasteiger partial charge in [-0.05, 0) is 46.1 Å². The molecule has 3 N–H and O–H groups in total. The van der Waals surface area contributed by atoms with Crippen molar-refractivity contribution >= 4 is 12.6 Å². The second-order valence-electron chi connectivity index (χ2n) is 6.92. The highest BCUT2D eigenvalue weighted by Gasteiger charge is 2.53. The van der Waals surface area contributed by atoms with E-state index in [2.05, 4.69) is 4.98 Å². The van der Waals surface area contributed by atoms with E-state index in [1.807, 2.05) is 33.8 Å². The molecule has 1 saturated heterocycles. The number of rotatable bonds is 2. The summed E-state index contributed by atoms with van der Waals surface area (Å²) in [4.78, 5) is 14.8. The molecule has 1 aliphatic carbocycles. The van der Waals surface area contributed by atoms with Gasteiger partial charge in [0.25, 0.3) is 0 Å². The maximum absolute atomic E-state index is 12.1. The predicted molar refractivity (Wildman–Crippen MR) is 77.9 cm³/mol. The molecule has 2 fully saturated rings. The van der Waals surface area contributed by atoms with Crippen molar-refractivity contribution in [3.8, 4) is 0 Å². The fourth-order valence-electron chi connectivity index (χ4n) is 2.36. The molecule has 0 aromatic carbocycles. The van der Waals surface area contributed by atoms with Crippen LogP contribution in [0.15, 0.2) is 17.1 Å². The molecule has 0 amide bonds. The first-order chi connectivity index (χ1) is 9.15. The molecule has 0 unspecified atom stereocenters. The standard InChI is InChI=1S/C14H21BN2O3/c1-12(2)13(3,4)20-15(19-12)10-7-9(8-17-11(10)18)14(16)5-6-14/h7-8H,5-6,16H2,1-4H3,(H,17,18). The second-order valence-corrected chi connectivity index (χ2v) is 6.92. The fraction of sp³-hybridized carbons (Fsp3) is 0.643. The summed E-state index contributed by atoms with van der Waals surface area (Å²) < 4.78 is 11.9. The number of hydrogen-bond donors (Lipinski definition) is 2. The fourth-order valence-corrected chi connectivity index (χ4v) is 2.36. The van der Waals surface area contributed by atoms with Gasteiger partial charge in [0.05, 0.1) is 11.2 Å². The van der Waals surface area contributed by atoms with E-state index in [1.54, 1.807) is 6.20 Å². The minimum Gasteiger partial charge on any atom is -0.399 e. The third-order valence-corrected chi connectivity index (χ3v) is 4.80. The first-order valence-corrected chi connectivity index (χ1v) is 7.02. The van der Waals surface area contributed by atoms with Crippen LogP contribution in [0.1, 0.15) is 46.1 Å². The Morgan fingerprint density at radius 1 is 1.20 bits per heavy atom. The van der Waals surface area contributed by atoms with Crippen molar-refractivity contribution < 1.29 is 9.31 Å². The third-order valence-electron chi connectivity index (χ3n) is 4.80. The molecule has 20 heavy (non-hydrogen) atoms. The normalized spacial score (nSPS) is 25.8. The summed E-state index contributed by atoms with van der Waals surface area (Å²) in [6.45, 7) is 7.87. The number of H-pyrrole nitrogens is 1. The van der Waals surface area contributed by atoms with Crippen LogP contribution < -0.4 is 16.8 Å². The smallest absolute Gasteiger partial charge is 0.399 e. The monoisotopic (exact) mass is 276 g/mol. The maximum atomic E-state index is 12.1. The summed E-state index contributed by atoms with van der Waals surface area (Å²) in [5, 5.41) is 0. The van der Waals surface area contributed by atoms with Crippen LogP contribution in [-0.2, 0) is 14.8 Å². The summed E-state index contributed by atoms with van der Waals surface area (Å²) in [7, 11) is -0.647. The number of nitrogens with one attached hydrogen (secondary N) is 1. The van der Waals surface area contributed by atoms with E-state index in [-0.39, 0.29) is 11.1 Å². The van der Waals surface area contributed by atoms with Crippen LogP contribution in [0.2, 0.25) is 0 Å². The molecule has 108 valence electrons. The van der Waals surface area contributed by atoms with E-state index < -0.39 is 18.3 Å². The van der Waals surface area contributed by atoms with Crippen molar-refractivity contribution in [1.29, 1.82) is 0 Å². The average molecular weight is 276 g/mol. The minimum absolute atomic E-state index is 0.184. The lowest BCUT2D eigenvalue weighted by atomic mass is 9.79. The largest absolute Gasteiger partial charge is 0.500 e. The third kappa shape index (κ3) is 2.03. The van der Waals surface area contributed by atoms with Crippen LogP contribution in [-0.4, -0.2) is 23.3 Å². The minimum atomic E-state index is -0.647. The SMILES string of the molecule is CC1(C)OB(c2cc(C3(N)CC3)c[nH]c2=O)OC1(C)C. The molecule has 1 aromatic heterocycles. The van der Waals surface area contributed by atoms with Crippen LogP contribution in [0.4, 0.5) is 0 Å². The Labute approximate surface area is 119 Å². The Hall–Kier alpha value is -1.11. The number of nitrogens with two attached hydrogens (primary N) is 1. The molecule has 0 spiro atoms. The van der Waals surface area contributed by atoms with Crippen LogP contribution in [0, 0.1) is 0 Å². The lowest BCUT2D eigenvalue weighted by Gasteiger charge is -2.32. The summed E-state index contributed by atoms with van der Waals surface area (Å²) in [5.74, 6) is 0. The molecule has 2 aliphatic rings. The Morgan fingerprint density at radius 2 is 1.75 bits per heavy atom. The summed E-state index contributed by atoms with van der Waals surface area (Å²) in [6, 6.07) is 1.83. The van der Waals surface area contributed by atoms with Gasteiger partial charge >= 0.3 is 7.12 Å². The molecule has 1 saturated carbocycles. The van der Waals surface area contributed by atoms with Crippen molar-refractivity contribution in [3.05, 3.63) is 28.2 Å². The van der Waals surface area contributed by atoms with Gasteiger partial charge in [-0.2, -0.15) is 0 Å². The molecule has 0 bridgehead atoms. The van der Waals surface area contributed by atoms with Crippen LogP contribution in [0.3, 0.4) is 0 Å². The molecule has 3 rings (SSSR count). The van der Waals surface area contributed by atoms with Gasteiger partial charge in [0.2, 0.25) is 5.56 Å². The van der Waals surface area contributed by atoms with Crippen LogP contribution in [0.25, 0.3) is 0 Å². The zero-order chi connectivity index (χ0) is 14.8. The Kier molecular flexibility index (Phi) is 2.75. The molecular formula is C14H21BN2O3.